The highest BCUT2D eigenvalue weighted by Crippen LogP contribution is 2.26. The molecule has 1 fully saturated rings. The van der Waals surface area contributed by atoms with Crippen LogP contribution in [0.3, 0.4) is 0 Å². The van der Waals surface area contributed by atoms with E-state index in [1.54, 1.807) is 0 Å². The lowest BCUT2D eigenvalue weighted by Gasteiger charge is -2.35. The number of rotatable bonds is 2. The number of halogens is 1. The van der Waals surface area contributed by atoms with Crippen molar-refractivity contribution in [1.29, 1.82) is 0 Å². The van der Waals surface area contributed by atoms with E-state index in [0.717, 1.165) is 29.7 Å². The number of likely N-dealkylation sites (N-methyl/N-ethyl adjacent to an activating group) is 1. The van der Waals surface area contributed by atoms with E-state index in [9.17, 15) is 5.11 Å². The molecule has 1 aromatic heterocycles. The fourth-order valence-corrected chi connectivity index (χ4v) is 2.64. The zero-order chi connectivity index (χ0) is 11.5. The van der Waals surface area contributed by atoms with Crippen molar-refractivity contribution in [2.45, 2.75) is 37.8 Å². The first-order valence-corrected chi connectivity index (χ1v) is 6.51. The molecule has 0 saturated heterocycles. The van der Waals surface area contributed by atoms with E-state index in [2.05, 4.69) is 25.8 Å². The van der Waals surface area contributed by atoms with Crippen molar-refractivity contribution in [3.05, 3.63) is 22.8 Å². The van der Waals surface area contributed by atoms with Crippen LogP contribution in [0.1, 0.15) is 25.7 Å². The third kappa shape index (κ3) is 2.55. The van der Waals surface area contributed by atoms with Crippen molar-refractivity contribution in [1.82, 2.24) is 4.98 Å². The molecule has 4 heteroatoms. The van der Waals surface area contributed by atoms with Crippen molar-refractivity contribution in [2.24, 2.45) is 0 Å². The van der Waals surface area contributed by atoms with E-state index in [-0.39, 0.29) is 12.1 Å². The van der Waals surface area contributed by atoms with Crippen LogP contribution in [0.2, 0.25) is 0 Å². The molecule has 0 bridgehead atoms. The highest BCUT2D eigenvalue weighted by atomic mass is 79.9. The van der Waals surface area contributed by atoms with Crippen LogP contribution in [0, 0.1) is 0 Å². The van der Waals surface area contributed by atoms with Crippen LogP contribution < -0.4 is 4.90 Å². The zero-order valence-corrected chi connectivity index (χ0v) is 11.0. The van der Waals surface area contributed by atoms with Gasteiger partial charge in [-0.2, -0.15) is 0 Å². The summed E-state index contributed by atoms with van der Waals surface area (Å²) in [5.74, 6) is 0.917. The van der Waals surface area contributed by atoms with Gasteiger partial charge in [-0.15, -0.1) is 0 Å². The summed E-state index contributed by atoms with van der Waals surface area (Å²) in [7, 11) is 2.01. The molecule has 2 unspecified atom stereocenters. The Hall–Kier alpha value is -0.610. The largest absolute Gasteiger partial charge is 0.391 e. The normalized spacial score (nSPS) is 25.4. The second-order valence-corrected chi connectivity index (χ2v) is 5.16. The summed E-state index contributed by atoms with van der Waals surface area (Å²) in [5.41, 5.74) is 0. The fraction of sp³-hybridized carbons (Fsp3) is 0.583. The standard InChI is InChI=1S/C12H17BrN2O/c1-15(9-5-2-3-6-10(9)16)12-8-4-7-11(13)14-12/h4,7-10,16H,2-3,5-6H2,1H3. The molecular weight excluding hydrogens is 268 g/mol. The van der Waals surface area contributed by atoms with Crippen LogP contribution in [0.4, 0.5) is 5.82 Å². The number of hydrogen-bond donors (Lipinski definition) is 1. The van der Waals surface area contributed by atoms with Gasteiger partial charge in [0.15, 0.2) is 0 Å². The van der Waals surface area contributed by atoms with Crippen LogP contribution in [0.15, 0.2) is 22.8 Å². The molecule has 1 aliphatic rings. The Labute approximate surface area is 105 Å². The SMILES string of the molecule is CN(c1cccc(Br)n1)C1CCCCC1O. The molecule has 1 aliphatic carbocycles. The topological polar surface area (TPSA) is 36.4 Å². The molecule has 0 radical (unpaired) electrons. The lowest BCUT2D eigenvalue weighted by Crippen LogP contribution is -2.43. The Morgan fingerprint density at radius 3 is 2.81 bits per heavy atom. The van der Waals surface area contributed by atoms with E-state index in [1.165, 1.54) is 6.42 Å². The molecule has 2 atom stereocenters. The monoisotopic (exact) mass is 284 g/mol. The highest BCUT2D eigenvalue weighted by molar-refractivity contribution is 9.10. The van der Waals surface area contributed by atoms with Gasteiger partial charge in [-0.25, -0.2) is 4.98 Å². The van der Waals surface area contributed by atoms with E-state index in [1.807, 2.05) is 25.2 Å². The Morgan fingerprint density at radius 2 is 2.12 bits per heavy atom. The second kappa shape index (κ2) is 5.15. The summed E-state index contributed by atoms with van der Waals surface area (Å²) >= 11 is 3.37. The first-order chi connectivity index (χ1) is 7.68. The van der Waals surface area contributed by atoms with Gasteiger partial charge in [0.1, 0.15) is 10.4 Å². The van der Waals surface area contributed by atoms with Gasteiger partial charge in [-0.3, -0.25) is 0 Å². The Kier molecular flexibility index (Phi) is 3.82. The zero-order valence-electron chi connectivity index (χ0n) is 9.43. The van der Waals surface area contributed by atoms with Gasteiger partial charge >= 0.3 is 0 Å². The average molecular weight is 285 g/mol. The number of hydrogen-bond acceptors (Lipinski definition) is 3. The van der Waals surface area contributed by atoms with Gasteiger partial charge in [-0.05, 0) is 40.9 Å². The molecule has 1 N–H and O–H groups in total. The van der Waals surface area contributed by atoms with Gasteiger partial charge in [0, 0.05) is 7.05 Å². The van der Waals surface area contributed by atoms with Gasteiger partial charge in [0.25, 0.3) is 0 Å². The lowest BCUT2D eigenvalue weighted by molar-refractivity contribution is 0.106. The van der Waals surface area contributed by atoms with Crippen molar-refractivity contribution in [3.8, 4) is 0 Å². The van der Waals surface area contributed by atoms with Crippen molar-refractivity contribution in [2.75, 3.05) is 11.9 Å². The molecular formula is C12H17BrN2O. The number of aromatic nitrogens is 1. The molecule has 3 nitrogen and oxygen atoms in total. The fourth-order valence-electron chi connectivity index (χ4n) is 2.31. The Morgan fingerprint density at radius 1 is 1.38 bits per heavy atom. The molecule has 0 aliphatic heterocycles. The minimum atomic E-state index is -0.223. The third-order valence-corrected chi connectivity index (χ3v) is 3.69. The molecule has 0 aromatic carbocycles. The number of aliphatic hydroxyl groups is 1. The predicted octanol–water partition coefficient (Wildman–Crippen LogP) is 2.58. The summed E-state index contributed by atoms with van der Waals surface area (Å²) in [6.07, 6.45) is 4.06. The van der Waals surface area contributed by atoms with E-state index < -0.39 is 0 Å². The molecule has 0 spiro atoms. The summed E-state index contributed by atoms with van der Waals surface area (Å²) in [4.78, 5) is 6.51. The van der Waals surface area contributed by atoms with Crippen molar-refractivity contribution >= 4 is 21.7 Å². The number of pyridine rings is 1. The summed E-state index contributed by atoms with van der Waals surface area (Å²) in [5, 5.41) is 9.99. The number of aliphatic hydroxyl groups excluding tert-OH is 1. The number of anilines is 1. The van der Waals surface area contributed by atoms with Gasteiger partial charge in [-0.1, -0.05) is 18.9 Å². The van der Waals surface area contributed by atoms with Gasteiger partial charge < -0.3 is 10.0 Å². The molecule has 1 heterocycles. The number of nitrogens with zero attached hydrogens (tertiary/aromatic N) is 2. The second-order valence-electron chi connectivity index (χ2n) is 4.35. The van der Waals surface area contributed by atoms with Crippen LogP contribution >= 0.6 is 15.9 Å². The quantitative estimate of drug-likeness (QED) is 0.848. The van der Waals surface area contributed by atoms with Crippen LogP contribution in [0.5, 0.6) is 0 Å². The first-order valence-electron chi connectivity index (χ1n) is 5.72. The highest BCUT2D eigenvalue weighted by Gasteiger charge is 2.27. The maximum Gasteiger partial charge on any atom is 0.129 e. The van der Waals surface area contributed by atoms with Crippen molar-refractivity contribution < 1.29 is 5.11 Å². The first kappa shape index (κ1) is 11.9. The smallest absolute Gasteiger partial charge is 0.129 e. The van der Waals surface area contributed by atoms with E-state index in [4.69, 9.17) is 0 Å². The Bertz CT molecular complexity index is 359. The van der Waals surface area contributed by atoms with Crippen LogP contribution in [0.25, 0.3) is 0 Å². The molecule has 16 heavy (non-hydrogen) atoms. The Balaban J connectivity index is 2.14. The molecule has 0 amide bonds. The van der Waals surface area contributed by atoms with Crippen molar-refractivity contribution in [3.63, 3.8) is 0 Å². The summed E-state index contributed by atoms with van der Waals surface area (Å²) in [6, 6.07) is 6.06. The molecule has 88 valence electrons. The maximum atomic E-state index is 9.99. The van der Waals surface area contributed by atoms with Gasteiger partial charge in [0.2, 0.25) is 0 Å². The molecule has 2 rings (SSSR count). The minimum Gasteiger partial charge on any atom is -0.391 e. The maximum absolute atomic E-state index is 9.99. The van der Waals surface area contributed by atoms with Crippen LogP contribution in [-0.2, 0) is 0 Å². The summed E-state index contributed by atoms with van der Waals surface area (Å²) < 4.78 is 0.835. The predicted molar refractivity (Wildman–Crippen MR) is 68.6 cm³/mol. The van der Waals surface area contributed by atoms with Crippen LogP contribution in [-0.4, -0.2) is 29.3 Å². The van der Waals surface area contributed by atoms with E-state index in [0.29, 0.717) is 0 Å². The minimum absolute atomic E-state index is 0.204. The van der Waals surface area contributed by atoms with Gasteiger partial charge in [0.05, 0.1) is 12.1 Å². The lowest BCUT2D eigenvalue weighted by atomic mass is 9.91. The molecule has 1 aromatic rings. The third-order valence-electron chi connectivity index (χ3n) is 3.25. The molecule has 1 saturated carbocycles. The van der Waals surface area contributed by atoms with E-state index >= 15 is 0 Å². The summed E-state index contributed by atoms with van der Waals surface area (Å²) in [6.45, 7) is 0. The average Bonchev–Trinajstić information content (AvgIpc) is 2.29.